The summed E-state index contributed by atoms with van der Waals surface area (Å²) in [6, 6.07) is 5.65. The standard InChI is InChI=1S/C22H25F5N4O2S/c1-13-17(20(32)30-15-6-4-7-16(12-15)34(3,28)33)19(29-14(2)18(13)22(25,26)27)31-10-5-8-21(23,24)9-11-31/h4,6-7,12,28H,5,8-11H2,1-3H3,(H,30,32). The van der Waals surface area contributed by atoms with E-state index in [1.165, 1.54) is 42.3 Å². The van der Waals surface area contributed by atoms with Crippen LogP contribution in [0.3, 0.4) is 0 Å². The van der Waals surface area contributed by atoms with Gasteiger partial charge in [0.2, 0.25) is 5.92 Å². The van der Waals surface area contributed by atoms with Crippen LogP contribution in [0.2, 0.25) is 0 Å². The van der Waals surface area contributed by atoms with Gasteiger partial charge in [-0.15, -0.1) is 0 Å². The molecule has 1 aliphatic rings. The van der Waals surface area contributed by atoms with Crippen molar-refractivity contribution in [1.29, 1.82) is 4.78 Å². The van der Waals surface area contributed by atoms with Crippen LogP contribution >= 0.6 is 0 Å². The van der Waals surface area contributed by atoms with E-state index >= 15 is 0 Å². The molecule has 2 aromatic rings. The van der Waals surface area contributed by atoms with Crippen molar-refractivity contribution in [2.24, 2.45) is 0 Å². The number of amides is 1. The van der Waals surface area contributed by atoms with E-state index in [4.69, 9.17) is 4.78 Å². The number of nitrogens with one attached hydrogen (secondary N) is 2. The molecule has 2 N–H and O–H groups in total. The molecule has 1 amide bonds. The number of carbonyl (C=O) groups is 1. The van der Waals surface area contributed by atoms with Crippen LogP contribution in [-0.2, 0) is 15.9 Å². The quantitative estimate of drug-likeness (QED) is 0.529. The fourth-order valence-electron chi connectivity index (χ4n) is 4.04. The minimum Gasteiger partial charge on any atom is -0.356 e. The first-order valence-electron chi connectivity index (χ1n) is 10.5. The lowest BCUT2D eigenvalue weighted by Crippen LogP contribution is -2.31. The summed E-state index contributed by atoms with van der Waals surface area (Å²) in [6.07, 6.45) is -4.36. The molecule has 0 saturated carbocycles. The molecule has 0 spiro atoms. The van der Waals surface area contributed by atoms with Gasteiger partial charge in [0.1, 0.15) is 5.82 Å². The molecule has 2 heterocycles. The average molecular weight is 505 g/mol. The minimum atomic E-state index is -4.78. The number of anilines is 2. The Morgan fingerprint density at radius 1 is 1.21 bits per heavy atom. The van der Waals surface area contributed by atoms with Crippen molar-refractivity contribution in [1.82, 2.24) is 4.98 Å². The van der Waals surface area contributed by atoms with Crippen LogP contribution in [0.4, 0.5) is 33.5 Å². The number of hydrogen-bond donors (Lipinski definition) is 2. The van der Waals surface area contributed by atoms with Crippen molar-refractivity contribution < 1.29 is 31.0 Å². The highest BCUT2D eigenvalue weighted by Crippen LogP contribution is 2.39. The number of alkyl halides is 5. The number of rotatable bonds is 4. The lowest BCUT2D eigenvalue weighted by molar-refractivity contribution is -0.138. The molecule has 0 radical (unpaired) electrons. The Balaban J connectivity index is 2.11. The van der Waals surface area contributed by atoms with Crippen molar-refractivity contribution >= 4 is 27.1 Å². The molecular weight excluding hydrogens is 479 g/mol. The van der Waals surface area contributed by atoms with Crippen molar-refractivity contribution in [3.05, 3.63) is 46.6 Å². The highest BCUT2D eigenvalue weighted by atomic mass is 32.2. The predicted molar refractivity (Wildman–Crippen MR) is 119 cm³/mol. The molecule has 3 rings (SSSR count). The molecule has 6 nitrogen and oxygen atoms in total. The normalized spacial score (nSPS) is 18.2. The number of hydrogen-bond acceptors (Lipinski definition) is 5. The van der Waals surface area contributed by atoms with Crippen LogP contribution < -0.4 is 10.2 Å². The zero-order valence-electron chi connectivity index (χ0n) is 18.9. The van der Waals surface area contributed by atoms with Crippen LogP contribution in [0, 0.1) is 18.6 Å². The maximum absolute atomic E-state index is 13.9. The SMILES string of the molecule is Cc1nc(N2CCCC(F)(F)CC2)c(C(=O)Nc2cccc(S(C)(=N)=O)c2)c(C)c1C(F)(F)F. The third-order valence-corrected chi connectivity index (χ3v) is 6.83. The number of aromatic nitrogens is 1. The maximum Gasteiger partial charge on any atom is 0.418 e. The van der Waals surface area contributed by atoms with E-state index in [2.05, 4.69) is 10.3 Å². The van der Waals surface area contributed by atoms with Gasteiger partial charge in [-0.05, 0) is 44.0 Å². The van der Waals surface area contributed by atoms with Gasteiger partial charge in [-0.2, -0.15) is 13.2 Å². The number of halogens is 5. The number of carbonyl (C=O) groups excluding carboxylic acids is 1. The Labute approximate surface area is 194 Å². The van der Waals surface area contributed by atoms with Gasteiger partial charge in [0.05, 0.1) is 26.5 Å². The number of pyridine rings is 1. The van der Waals surface area contributed by atoms with E-state index in [0.717, 1.165) is 6.92 Å². The van der Waals surface area contributed by atoms with Gasteiger partial charge >= 0.3 is 6.18 Å². The second kappa shape index (κ2) is 9.12. The fourth-order valence-corrected chi connectivity index (χ4v) is 4.73. The third kappa shape index (κ3) is 5.65. The van der Waals surface area contributed by atoms with E-state index in [1.54, 1.807) is 0 Å². The monoisotopic (exact) mass is 504 g/mol. The summed E-state index contributed by atoms with van der Waals surface area (Å²) in [6.45, 7) is 2.26. The zero-order valence-corrected chi connectivity index (χ0v) is 19.7. The first-order chi connectivity index (χ1) is 15.6. The van der Waals surface area contributed by atoms with E-state index in [-0.39, 0.29) is 59.2 Å². The number of nitrogens with zero attached hydrogens (tertiary/aromatic N) is 2. The Morgan fingerprint density at radius 2 is 1.88 bits per heavy atom. The Hall–Kier alpha value is -2.76. The smallest absolute Gasteiger partial charge is 0.356 e. The van der Waals surface area contributed by atoms with E-state index in [0.29, 0.717) is 0 Å². The second-order valence-corrected chi connectivity index (χ2v) is 10.6. The molecular formula is C22H25F5N4O2S. The largest absolute Gasteiger partial charge is 0.418 e. The summed E-state index contributed by atoms with van der Waals surface area (Å²) >= 11 is 0. The fraction of sp³-hybridized carbons (Fsp3) is 0.455. The van der Waals surface area contributed by atoms with Gasteiger partial charge in [-0.25, -0.2) is 22.8 Å². The van der Waals surface area contributed by atoms with Crippen molar-refractivity contribution in [3.63, 3.8) is 0 Å². The van der Waals surface area contributed by atoms with Crippen LogP contribution in [0.15, 0.2) is 29.2 Å². The van der Waals surface area contributed by atoms with Gasteiger partial charge in [0.15, 0.2) is 0 Å². The highest BCUT2D eigenvalue weighted by molar-refractivity contribution is 7.91. The van der Waals surface area contributed by atoms with Crippen molar-refractivity contribution in [2.75, 3.05) is 29.6 Å². The Bertz CT molecular complexity index is 1210. The molecule has 1 unspecified atom stereocenters. The van der Waals surface area contributed by atoms with Gasteiger partial charge in [-0.1, -0.05) is 6.07 Å². The van der Waals surface area contributed by atoms with E-state index in [1.807, 2.05) is 0 Å². The van der Waals surface area contributed by atoms with E-state index < -0.39 is 39.7 Å². The lowest BCUT2D eigenvalue weighted by atomic mass is 9.99. The molecule has 1 saturated heterocycles. The molecule has 1 fully saturated rings. The molecule has 1 aliphatic heterocycles. The van der Waals surface area contributed by atoms with Crippen molar-refractivity contribution in [2.45, 2.75) is 50.1 Å². The average Bonchev–Trinajstić information content (AvgIpc) is 2.86. The molecule has 34 heavy (non-hydrogen) atoms. The summed E-state index contributed by atoms with van der Waals surface area (Å²) in [5.74, 6) is -3.91. The summed E-state index contributed by atoms with van der Waals surface area (Å²) in [5.41, 5.74) is -2.00. The summed E-state index contributed by atoms with van der Waals surface area (Å²) in [7, 11) is -3.10. The lowest BCUT2D eigenvalue weighted by Gasteiger charge is -2.27. The number of benzene rings is 1. The highest BCUT2D eigenvalue weighted by Gasteiger charge is 2.39. The summed E-state index contributed by atoms with van der Waals surface area (Å²) < 4.78 is 88.8. The van der Waals surface area contributed by atoms with Gasteiger partial charge in [0.25, 0.3) is 5.91 Å². The molecule has 186 valence electrons. The number of aryl methyl sites for hydroxylation is 1. The Kier molecular flexibility index (Phi) is 6.94. The maximum atomic E-state index is 13.9. The minimum absolute atomic E-state index is 0.0886. The van der Waals surface area contributed by atoms with Crippen LogP contribution in [-0.4, -0.2) is 40.4 Å². The molecule has 12 heteroatoms. The molecule has 1 aromatic heterocycles. The molecule has 1 aromatic carbocycles. The predicted octanol–water partition coefficient (Wildman–Crippen LogP) is 5.63. The molecule has 0 aliphatic carbocycles. The third-order valence-electron chi connectivity index (χ3n) is 5.68. The van der Waals surface area contributed by atoms with E-state index in [9.17, 15) is 31.0 Å². The van der Waals surface area contributed by atoms with Gasteiger partial charge in [0, 0.05) is 42.8 Å². The van der Waals surface area contributed by atoms with Crippen LogP contribution in [0.1, 0.15) is 46.4 Å². The second-order valence-electron chi connectivity index (χ2n) is 8.42. The summed E-state index contributed by atoms with van der Waals surface area (Å²) in [5, 5.41) is 2.49. The van der Waals surface area contributed by atoms with Crippen LogP contribution in [0.25, 0.3) is 0 Å². The topological polar surface area (TPSA) is 86.2 Å². The first kappa shape index (κ1) is 25.9. The summed E-state index contributed by atoms with van der Waals surface area (Å²) in [4.78, 5) is 18.9. The first-order valence-corrected chi connectivity index (χ1v) is 12.4. The zero-order chi connectivity index (χ0) is 25.5. The van der Waals surface area contributed by atoms with Crippen molar-refractivity contribution in [3.8, 4) is 0 Å². The van der Waals surface area contributed by atoms with Gasteiger partial charge in [-0.3, -0.25) is 4.79 Å². The van der Waals surface area contributed by atoms with Crippen LogP contribution in [0.5, 0.6) is 0 Å². The van der Waals surface area contributed by atoms with Gasteiger partial charge < -0.3 is 10.2 Å². The molecule has 0 bridgehead atoms. The Morgan fingerprint density at radius 3 is 2.50 bits per heavy atom. The molecule has 1 atom stereocenters.